The second kappa shape index (κ2) is 7.33. The van der Waals surface area contributed by atoms with Crippen molar-refractivity contribution in [2.45, 2.75) is 31.7 Å². The van der Waals surface area contributed by atoms with Gasteiger partial charge in [0, 0.05) is 35.8 Å². The summed E-state index contributed by atoms with van der Waals surface area (Å²) in [5, 5.41) is 11.0. The fourth-order valence-electron chi connectivity index (χ4n) is 3.40. The van der Waals surface area contributed by atoms with Crippen molar-refractivity contribution in [1.29, 1.82) is 0 Å². The number of carbonyl (C=O) groups is 1. The van der Waals surface area contributed by atoms with E-state index in [1.54, 1.807) is 16.9 Å². The summed E-state index contributed by atoms with van der Waals surface area (Å²) in [5.74, 6) is -0.262. The molecule has 1 aliphatic carbocycles. The largest absolute Gasteiger partial charge is 0.321 e. The van der Waals surface area contributed by atoms with Crippen LogP contribution in [0, 0.1) is 0 Å². The Labute approximate surface area is 170 Å². The fraction of sp³-hybridized carbons (Fsp3) is 0.238. The third kappa shape index (κ3) is 3.66. The number of carbonyl (C=O) groups excluding carboxylic acids is 1. The molecule has 1 fully saturated rings. The monoisotopic (exact) mass is 408 g/mol. The van der Waals surface area contributed by atoms with Crippen LogP contribution in [0.1, 0.15) is 52.6 Å². The second-order valence-corrected chi connectivity index (χ2v) is 7.34. The van der Waals surface area contributed by atoms with Crippen LogP contribution in [-0.4, -0.2) is 30.3 Å². The molecular formula is C21H18F2N6O. The van der Waals surface area contributed by atoms with Crippen molar-refractivity contribution in [1.82, 2.24) is 24.4 Å². The molecule has 0 unspecified atom stereocenters. The molecule has 0 atom stereocenters. The average molecular weight is 408 g/mol. The van der Waals surface area contributed by atoms with Crippen molar-refractivity contribution in [2.75, 3.05) is 5.32 Å². The zero-order chi connectivity index (χ0) is 20.7. The van der Waals surface area contributed by atoms with E-state index < -0.39 is 12.3 Å². The minimum absolute atomic E-state index is 0.0369. The molecule has 3 heterocycles. The molecule has 0 radical (unpaired) electrons. The van der Waals surface area contributed by atoms with Gasteiger partial charge in [0.05, 0.1) is 6.54 Å². The summed E-state index contributed by atoms with van der Waals surface area (Å²) in [4.78, 5) is 17.1. The van der Waals surface area contributed by atoms with E-state index in [2.05, 4.69) is 20.5 Å². The van der Waals surface area contributed by atoms with Crippen molar-refractivity contribution in [2.24, 2.45) is 0 Å². The Hall–Kier alpha value is -3.62. The van der Waals surface area contributed by atoms with Gasteiger partial charge in [-0.05, 0) is 42.7 Å². The molecule has 3 aromatic heterocycles. The van der Waals surface area contributed by atoms with Crippen LogP contribution in [-0.2, 0) is 6.54 Å². The maximum atomic E-state index is 13.5. The molecular weight excluding hydrogens is 390 g/mol. The van der Waals surface area contributed by atoms with Gasteiger partial charge in [-0.2, -0.15) is 10.2 Å². The molecule has 5 rings (SSSR count). The molecule has 1 N–H and O–H groups in total. The van der Waals surface area contributed by atoms with Gasteiger partial charge in [0.2, 0.25) is 0 Å². The van der Waals surface area contributed by atoms with E-state index in [4.69, 9.17) is 0 Å². The van der Waals surface area contributed by atoms with Gasteiger partial charge in [0.15, 0.2) is 11.3 Å². The molecule has 0 bridgehead atoms. The number of fused-ring (bicyclic) bond motifs is 1. The van der Waals surface area contributed by atoms with Crippen molar-refractivity contribution >= 4 is 17.2 Å². The van der Waals surface area contributed by atoms with Crippen LogP contribution in [0.5, 0.6) is 0 Å². The number of aromatic nitrogens is 5. The van der Waals surface area contributed by atoms with E-state index in [0.29, 0.717) is 17.9 Å². The van der Waals surface area contributed by atoms with Crippen molar-refractivity contribution < 1.29 is 13.6 Å². The molecule has 9 heteroatoms. The fourth-order valence-corrected chi connectivity index (χ4v) is 3.40. The van der Waals surface area contributed by atoms with Gasteiger partial charge < -0.3 is 5.32 Å². The van der Waals surface area contributed by atoms with Crippen LogP contribution in [0.3, 0.4) is 0 Å². The summed E-state index contributed by atoms with van der Waals surface area (Å²) in [7, 11) is 0. The highest BCUT2D eigenvalue weighted by Gasteiger charge is 2.28. The van der Waals surface area contributed by atoms with Crippen molar-refractivity contribution in [3.8, 4) is 0 Å². The minimum atomic E-state index is -2.71. The van der Waals surface area contributed by atoms with Crippen LogP contribution in [0.15, 0.2) is 54.9 Å². The van der Waals surface area contributed by atoms with E-state index in [-0.39, 0.29) is 23.0 Å². The quantitative estimate of drug-likeness (QED) is 0.522. The second-order valence-electron chi connectivity index (χ2n) is 7.34. The van der Waals surface area contributed by atoms with Crippen molar-refractivity contribution in [3.63, 3.8) is 0 Å². The number of halogens is 2. The lowest BCUT2D eigenvalue weighted by Crippen LogP contribution is -2.13. The average Bonchev–Trinajstić information content (AvgIpc) is 3.28. The summed E-state index contributed by atoms with van der Waals surface area (Å²) < 4.78 is 29.9. The highest BCUT2D eigenvalue weighted by Crippen LogP contribution is 2.40. The van der Waals surface area contributed by atoms with Gasteiger partial charge in [0.25, 0.3) is 12.3 Å². The molecule has 1 amide bonds. The third-order valence-corrected chi connectivity index (χ3v) is 5.02. The van der Waals surface area contributed by atoms with Crippen LogP contribution in [0.4, 0.5) is 14.5 Å². The highest BCUT2D eigenvalue weighted by molar-refractivity contribution is 6.03. The first-order chi connectivity index (χ1) is 14.6. The van der Waals surface area contributed by atoms with Crippen LogP contribution >= 0.6 is 0 Å². The summed E-state index contributed by atoms with van der Waals surface area (Å²) >= 11 is 0. The molecule has 0 aliphatic heterocycles. The maximum Gasteiger partial charge on any atom is 0.280 e. The first kappa shape index (κ1) is 18.4. The smallest absolute Gasteiger partial charge is 0.280 e. The molecule has 0 spiro atoms. The Morgan fingerprint density at radius 1 is 1.20 bits per heavy atom. The molecule has 7 nitrogen and oxygen atoms in total. The number of amides is 1. The molecule has 1 aliphatic rings. The summed E-state index contributed by atoms with van der Waals surface area (Å²) in [6, 6.07) is 12.0. The van der Waals surface area contributed by atoms with Gasteiger partial charge >= 0.3 is 0 Å². The number of alkyl halides is 2. The Balaban J connectivity index is 1.40. The molecule has 1 saturated carbocycles. The summed E-state index contributed by atoms with van der Waals surface area (Å²) in [6.45, 7) is 0.566. The zero-order valence-corrected chi connectivity index (χ0v) is 15.9. The lowest BCUT2D eigenvalue weighted by molar-refractivity contribution is 0.102. The number of nitrogens with one attached hydrogen (secondary N) is 1. The Kier molecular flexibility index (Phi) is 4.50. The van der Waals surface area contributed by atoms with Crippen molar-refractivity contribution in [3.05, 3.63) is 77.5 Å². The topological polar surface area (TPSA) is 77.1 Å². The lowest BCUT2D eigenvalue weighted by atomic mass is 10.2. The predicted molar refractivity (Wildman–Crippen MR) is 106 cm³/mol. The minimum Gasteiger partial charge on any atom is -0.321 e. The van der Waals surface area contributed by atoms with Crippen LogP contribution in [0.2, 0.25) is 0 Å². The van der Waals surface area contributed by atoms with Gasteiger partial charge in [-0.1, -0.05) is 12.1 Å². The van der Waals surface area contributed by atoms with Gasteiger partial charge in [0.1, 0.15) is 5.69 Å². The maximum absolute atomic E-state index is 13.5. The number of rotatable bonds is 6. The van der Waals surface area contributed by atoms with Crippen LogP contribution in [0.25, 0.3) is 5.65 Å². The number of hydrogen-bond acceptors (Lipinski definition) is 4. The zero-order valence-electron chi connectivity index (χ0n) is 15.9. The summed E-state index contributed by atoms with van der Waals surface area (Å²) in [5.41, 5.74) is 2.23. The molecule has 152 valence electrons. The Morgan fingerprint density at radius 3 is 2.80 bits per heavy atom. The SMILES string of the molecule is O=C(Nc1cccc(Cn2cccn2)c1)c1cc2nc(C3CC3)cc(C(F)F)n2n1. The summed E-state index contributed by atoms with van der Waals surface area (Å²) in [6.07, 6.45) is 2.74. The van der Waals surface area contributed by atoms with E-state index in [0.717, 1.165) is 22.9 Å². The Morgan fingerprint density at radius 2 is 2.07 bits per heavy atom. The van der Waals surface area contributed by atoms with Gasteiger partial charge in [-0.15, -0.1) is 0 Å². The normalized spacial score (nSPS) is 13.8. The molecule has 30 heavy (non-hydrogen) atoms. The number of nitrogens with zero attached hydrogens (tertiary/aromatic N) is 5. The Bertz CT molecular complexity index is 1210. The molecule has 4 aromatic rings. The first-order valence-electron chi connectivity index (χ1n) is 9.63. The lowest BCUT2D eigenvalue weighted by Gasteiger charge is -2.07. The molecule has 0 saturated heterocycles. The van der Waals surface area contributed by atoms with Crippen LogP contribution < -0.4 is 5.32 Å². The highest BCUT2D eigenvalue weighted by atomic mass is 19.3. The van der Waals surface area contributed by atoms with Gasteiger partial charge in [-0.3, -0.25) is 9.48 Å². The number of benzene rings is 1. The third-order valence-electron chi connectivity index (χ3n) is 5.02. The van der Waals surface area contributed by atoms with E-state index >= 15 is 0 Å². The van der Waals surface area contributed by atoms with E-state index in [1.807, 2.05) is 30.5 Å². The first-order valence-corrected chi connectivity index (χ1v) is 9.63. The number of hydrogen-bond donors (Lipinski definition) is 1. The van der Waals surface area contributed by atoms with E-state index in [1.165, 1.54) is 12.1 Å². The number of anilines is 1. The van der Waals surface area contributed by atoms with Gasteiger partial charge in [-0.25, -0.2) is 18.3 Å². The van der Waals surface area contributed by atoms with E-state index in [9.17, 15) is 13.6 Å². The standard InChI is InChI=1S/C21H18F2N6O/c22-20(23)18-10-16(14-5-6-14)26-19-11-17(27-29(18)19)21(30)25-15-4-1-3-13(9-15)12-28-8-2-7-24-28/h1-4,7-11,14,20H,5-6,12H2,(H,25,30). The predicted octanol–water partition coefficient (Wildman–Crippen LogP) is 4.04. The molecule has 1 aromatic carbocycles.